The molecule has 0 aromatic heterocycles. The van der Waals surface area contributed by atoms with E-state index in [1.165, 1.54) is 12.8 Å². The van der Waals surface area contributed by atoms with Crippen molar-refractivity contribution in [1.29, 1.82) is 0 Å². The van der Waals surface area contributed by atoms with E-state index in [9.17, 15) is 5.11 Å². The molecular formula is C16H18ClNO. The maximum atomic E-state index is 10.2. The zero-order chi connectivity index (χ0) is 13.2. The Morgan fingerprint density at radius 2 is 1.89 bits per heavy atom. The number of nitrogens with one attached hydrogen (secondary N) is 1. The highest BCUT2D eigenvalue weighted by molar-refractivity contribution is 6.31. The minimum absolute atomic E-state index is 0.411. The molecule has 0 saturated carbocycles. The third kappa shape index (κ3) is 2.85. The van der Waals surface area contributed by atoms with Gasteiger partial charge in [-0.1, -0.05) is 17.7 Å². The largest absolute Gasteiger partial charge is 0.508 e. The summed E-state index contributed by atoms with van der Waals surface area (Å²) < 4.78 is 0. The zero-order valence-electron chi connectivity index (χ0n) is 10.8. The normalized spacial score (nSPS) is 16.9. The number of phenolic OH excluding ortho intramolecular Hbond substituents is 1. The lowest BCUT2D eigenvalue weighted by atomic mass is 9.90. The molecule has 1 aliphatic rings. The fourth-order valence-electron chi connectivity index (χ4n) is 2.86. The highest BCUT2D eigenvalue weighted by Crippen LogP contribution is 2.30. The van der Waals surface area contributed by atoms with Crippen LogP contribution in [0.2, 0.25) is 5.02 Å². The van der Waals surface area contributed by atoms with E-state index in [-0.39, 0.29) is 0 Å². The lowest BCUT2D eigenvalue weighted by Gasteiger charge is -2.23. The van der Waals surface area contributed by atoms with Crippen molar-refractivity contribution in [1.82, 2.24) is 5.32 Å². The zero-order valence-corrected chi connectivity index (χ0v) is 11.6. The molecule has 2 nitrogen and oxygen atoms in total. The summed E-state index contributed by atoms with van der Waals surface area (Å²) in [6.45, 7) is 2.18. The molecular weight excluding hydrogens is 258 g/mol. The summed E-state index contributed by atoms with van der Waals surface area (Å²) in [4.78, 5) is 0. The van der Waals surface area contributed by atoms with Gasteiger partial charge >= 0.3 is 0 Å². The molecule has 2 aromatic carbocycles. The van der Waals surface area contributed by atoms with Crippen LogP contribution in [0.25, 0.3) is 10.8 Å². The van der Waals surface area contributed by atoms with Gasteiger partial charge in [-0.2, -0.15) is 0 Å². The summed E-state index contributed by atoms with van der Waals surface area (Å²) in [7, 11) is 0. The highest BCUT2D eigenvalue weighted by atomic mass is 35.5. The summed E-state index contributed by atoms with van der Waals surface area (Å²) in [5.74, 6) is 1.08. The van der Waals surface area contributed by atoms with Gasteiger partial charge in [0.1, 0.15) is 5.75 Å². The van der Waals surface area contributed by atoms with Gasteiger partial charge in [0.05, 0.1) is 0 Å². The quantitative estimate of drug-likeness (QED) is 0.875. The number of hydrogen-bond acceptors (Lipinski definition) is 2. The Bertz CT molecular complexity index is 591. The van der Waals surface area contributed by atoms with Crippen LogP contribution in [-0.2, 0) is 6.42 Å². The molecule has 0 spiro atoms. The fraction of sp³-hybridized carbons (Fsp3) is 0.375. The molecule has 1 fully saturated rings. The Balaban J connectivity index is 1.91. The molecule has 1 saturated heterocycles. The van der Waals surface area contributed by atoms with Crippen molar-refractivity contribution in [3.63, 3.8) is 0 Å². The van der Waals surface area contributed by atoms with E-state index in [0.717, 1.165) is 40.9 Å². The molecule has 1 aliphatic heterocycles. The Labute approximate surface area is 118 Å². The van der Waals surface area contributed by atoms with E-state index in [4.69, 9.17) is 11.6 Å². The molecule has 0 amide bonds. The standard InChI is InChI=1S/C16H18ClNO/c17-15-2-1-12-10-16(19)14(8-13(12)9-15)7-11-3-5-18-6-4-11/h1-2,8-11,18-19H,3-7H2. The first kappa shape index (κ1) is 12.8. The van der Waals surface area contributed by atoms with Gasteiger partial charge in [0, 0.05) is 5.02 Å². The van der Waals surface area contributed by atoms with Crippen molar-refractivity contribution in [2.45, 2.75) is 19.3 Å². The lowest BCUT2D eigenvalue weighted by Crippen LogP contribution is -2.28. The monoisotopic (exact) mass is 275 g/mol. The summed E-state index contributed by atoms with van der Waals surface area (Å²) in [5.41, 5.74) is 1.04. The third-order valence-corrected chi connectivity index (χ3v) is 4.20. The first-order chi connectivity index (χ1) is 9.22. The maximum absolute atomic E-state index is 10.2. The van der Waals surface area contributed by atoms with E-state index >= 15 is 0 Å². The molecule has 2 N–H and O–H groups in total. The smallest absolute Gasteiger partial charge is 0.119 e. The second-order valence-corrected chi connectivity index (χ2v) is 5.81. The van der Waals surface area contributed by atoms with Crippen LogP contribution in [0.1, 0.15) is 18.4 Å². The van der Waals surface area contributed by atoms with Crippen LogP contribution >= 0.6 is 11.6 Å². The summed E-state index contributed by atoms with van der Waals surface area (Å²) in [5, 5.41) is 16.4. The predicted molar refractivity (Wildman–Crippen MR) is 79.9 cm³/mol. The SMILES string of the molecule is Oc1cc2ccc(Cl)cc2cc1CC1CCNCC1. The van der Waals surface area contributed by atoms with E-state index in [2.05, 4.69) is 11.4 Å². The number of halogens is 1. The third-order valence-electron chi connectivity index (χ3n) is 3.97. The van der Waals surface area contributed by atoms with Crippen molar-refractivity contribution in [2.75, 3.05) is 13.1 Å². The molecule has 0 atom stereocenters. The summed E-state index contributed by atoms with van der Waals surface area (Å²) in [6.07, 6.45) is 3.33. The van der Waals surface area contributed by atoms with Gasteiger partial charge in [-0.3, -0.25) is 0 Å². The molecule has 0 radical (unpaired) electrons. The average Bonchev–Trinajstić information content (AvgIpc) is 2.41. The number of benzene rings is 2. The van der Waals surface area contributed by atoms with Crippen LogP contribution < -0.4 is 5.32 Å². The van der Waals surface area contributed by atoms with Crippen LogP contribution in [-0.4, -0.2) is 18.2 Å². The lowest BCUT2D eigenvalue weighted by molar-refractivity contribution is 0.366. The molecule has 3 rings (SSSR count). The minimum Gasteiger partial charge on any atom is -0.508 e. The van der Waals surface area contributed by atoms with Crippen LogP contribution in [0.15, 0.2) is 30.3 Å². The van der Waals surface area contributed by atoms with E-state index in [1.54, 1.807) is 0 Å². The summed E-state index contributed by atoms with van der Waals surface area (Å²) >= 11 is 6.03. The molecule has 0 bridgehead atoms. The number of hydrogen-bond donors (Lipinski definition) is 2. The van der Waals surface area contributed by atoms with Gasteiger partial charge in [-0.25, -0.2) is 0 Å². The van der Waals surface area contributed by atoms with Gasteiger partial charge in [0.2, 0.25) is 0 Å². The Hall–Kier alpha value is -1.25. The van der Waals surface area contributed by atoms with Crippen LogP contribution in [0.5, 0.6) is 5.75 Å². The number of piperidine rings is 1. The number of rotatable bonds is 2. The Morgan fingerprint density at radius 1 is 1.11 bits per heavy atom. The molecule has 3 heteroatoms. The van der Waals surface area contributed by atoms with Gasteiger partial charge in [-0.05, 0) is 78.9 Å². The second-order valence-electron chi connectivity index (χ2n) is 5.37. The molecule has 1 heterocycles. The van der Waals surface area contributed by atoms with Crippen molar-refractivity contribution in [3.8, 4) is 5.75 Å². The van der Waals surface area contributed by atoms with Crippen LogP contribution in [0, 0.1) is 5.92 Å². The van der Waals surface area contributed by atoms with E-state index in [0.29, 0.717) is 11.7 Å². The maximum Gasteiger partial charge on any atom is 0.119 e. The Morgan fingerprint density at radius 3 is 2.68 bits per heavy atom. The topological polar surface area (TPSA) is 32.3 Å². The highest BCUT2D eigenvalue weighted by Gasteiger charge is 2.15. The molecule has 0 unspecified atom stereocenters. The van der Waals surface area contributed by atoms with Crippen LogP contribution in [0.3, 0.4) is 0 Å². The van der Waals surface area contributed by atoms with Gasteiger partial charge < -0.3 is 10.4 Å². The van der Waals surface area contributed by atoms with Crippen molar-refractivity contribution >= 4 is 22.4 Å². The molecule has 100 valence electrons. The van der Waals surface area contributed by atoms with Crippen LogP contribution in [0.4, 0.5) is 0 Å². The van der Waals surface area contributed by atoms with Crippen molar-refractivity contribution in [2.24, 2.45) is 5.92 Å². The Kier molecular flexibility index (Phi) is 3.63. The predicted octanol–water partition coefficient (Wildman–Crippen LogP) is 3.74. The second kappa shape index (κ2) is 5.40. The fourth-order valence-corrected chi connectivity index (χ4v) is 3.04. The molecule has 0 aliphatic carbocycles. The first-order valence-electron chi connectivity index (χ1n) is 6.84. The molecule has 2 aromatic rings. The van der Waals surface area contributed by atoms with E-state index < -0.39 is 0 Å². The van der Waals surface area contributed by atoms with Gasteiger partial charge in [0.25, 0.3) is 0 Å². The first-order valence-corrected chi connectivity index (χ1v) is 7.22. The average molecular weight is 276 g/mol. The molecule has 19 heavy (non-hydrogen) atoms. The number of aromatic hydroxyl groups is 1. The number of phenols is 1. The van der Waals surface area contributed by atoms with Crippen molar-refractivity contribution in [3.05, 3.63) is 40.9 Å². The summed E-state index contributed by atoms with van der Waals surface area (Å²) in [6, 6.07) is 9.70. The van der Waals surface area contributed by atoms with E-state index in [1.807, 2.05) is 24.3 Å². The number of fused-ring (bicyclic) bond motifs is 1. The van der Waals surface area contributed by atoms with Gasteiger partial charge in [-0.15, -0.1) is 0 Å². The minimum atomic E-state index is 0.411. The van der Waals surface area contributed by atoms with Gasteiger partial charge in [0.15, 0.2) is 0 Å². The van der Waals surface area contributed by atoms with Crippen molar-refractivity contribution < 1.29 is 5.11 Å².